The van der Waals surface area contributed by atoms with Gasteiger partial charge in [-0.3, -0.25) is 9.59 Å². The lowest BCUT2D eigenvalue weighted by Gasteiger charge is -2.24. The monoisotopic (exact) mass is 511 g/mol. The minimum atomic E-state index is -3.75. The van der Waals surface area contributed by atoms with Crippen molar-refractivity contribution in [1.29, 1.82) is 0 Å². The summed E-state index contributed by atoms with van der Waals surface area (Å²) in [6, 6.07) is 14.2. The van der Waals surface area contributed by atoms with E-state index in [0.717, 1.165) is 18.4 Å². The van der Waals surface area contributed by atoms with E-state index in [1.165, 1.54) is 40.2 Å². The second-order valence-electron chi connectivity index (χ2n) is 10.2. The van der Waals surface area contributed by atoms with Crippen LogP contribution in [0.15, 0.2) is 66.1 Å². The zero-order valence-corrected chi connectivity index (χ0v) is 22.2. The number of amides is 2. The molecule has 0 aromatic heterocycles. The highest BCUT2D eigenvalue weighted by Crippen LogP contribution is 2.23. The van der Waals surface area contributed by atoms with Crippen LogP contribution in [0.2, 0.25) is 0 Å². The van der Waals surface area contributed by atoms with Crippen LogP contribution < -0.4 is 10.6 Å². The van der Waals surface area contributed by atoms with Crippen molar-refractivity contribution in [3.05, 3.63) is 77.9 Å². The fraction of sp³-hybridized carbons (Fsp3) is 0.429. The summed E-state index contributed by atoms with van der Waals surface area (Å²) in [7, 11) is -3.75. The first kappa shape index (κ1) is 27.6. The van der Waals surface area contributed by atoms with Gasteiger partial charge in [0.15, 0.2) is 0 Å². The van der Waals surface area contributed by atoms with Crippen LogP contribution in [0.3, 0.4) is 0 Å². The maximum Gasteiger partial charge on any atom is 0.251 e. The Balaban J connectivity index is 1.58. The van der Waals surface area contributed by atoms with Crippen LogP contribution in [0.5, 0.6) is 0 Å². The standard InChI is InChI=1S/C28H37N3O4S/c1-5-26(32)30-24-8-6-7-19-31(20-24)36(34,35)25-15-11-22(12-16-25)27(33)29-18-17-21-9-13-23(14-10-21)28(2,3)4/h5,9-16,24H,1,6-8,17-20H2,2-4H3,(H,29,33)(H,30,32). The largest absolute Gasteiger partial charge is 0.352 e. The predicted molar refractivity (Wildman–Crippen MR) is 142 cm³/mol. The van der Waals surface area contributed by atoms with Crippen molar-refractivity contribution in [2.45, 2.75) is 62.8 Å². The van der Waals surface area contributed by atoms with Crippen molar-refractivity contribution >= 4 is 21.8 Å². The molecule has 1 saturated heterocycles. The molecule has 1 unspecified atom stereocenters. The van der Waals surface area contributed by atoms with Gasteiger partial charge in [-0.25, -0.2) is 8.42 Å². The highest BCUT2D eigenvalue weighted by atomic mass is 32.2. The molecule has 1 fully saturated rings. The van der Waals surface area contributed by atoms with Crippen molar-refractivity contribution in [3.63, 3.8) is 0 Å². The molecule has 0 spiro atoms. The Kier molecular flexibility index (Phi) is 9.08. The maximum absolute atomic E-state index is 13.2. The molecular formula is C28H37N3O4S. The number of carbonyl (C=O) groups is 2. The molecular weight excluding hydrogens is 474 g/mol. The summed E-state index contributed by atoms with van der Waals surface area (Å²) in [5.41, 5.74) is 2.92. The smallest absolute Gasteiger partial charge is 0.251 e. The van der Waals surface area contributed by atoms with E-state index in [-0.39, 0.29) is 34.7 Å². The van der Waals surface area contributed by atoms with Crippen molar-refractivity contribution in [1.82, 2.24) is 14.9 Å². The lowest BCUT2D eigenvalue weighted by molar-refractivity contribution is -0.117. The minimum absolute atomic E-state index is 0.1000. The van der Waals surface area contributed by atoms with Crippen LogP contribution in [0, 0.1) is 0 Å². The summed E-state index contributed by atoms with van der Waals surface area (Å²) in [6.07, 6.45) is 4.16. The average Bonchev–Trinajstić information content (AvgIpc) is 3.10. The molecule has 2 aromatic rings. The molecule has 36 heavy (non-hydrogen) atoms. The summed E-state index contributed by atoms with van der Waals surface area (Å²) in [5, 5.41) is 5.72. The summed E-state index contributed by atoms with van der Waals surface area (Å²) in [5.74, 6) is -0.552. The number of nitrogens with one attached hydrogen (secondary N) is 2. The van der Waals surface area contributed by atoms with Crippen LogP contribution in [-0.2, 0) is 26.7 Å². The molecule has 0 radical (unpaired) electrons. The van der Waals surface area contributed by atoms with Gasteiger partial charge in [-0.2, -0.15) is 4.31 Å². The second kappa shape index (κ2) is 11.8. The molecule has 8 heteroatoms. The van der Waals surface area contributed by atoms with Crippen LogP contribution in [0.1, 0.15) is 61.5 Å². The number of nitrogens with zero attached hydrogens (tertiary/aromatic N) is 1. The van der Waals surface area contributed by atoms with E-state index >= 15 is 0 Å². The summed E-state index contributed by atoms with van der Waals surface area (Å²) >= 11 is 0. The van der Waals surface area contributed by atoms with E-state index in [1.54, 1.807) is 0 Å². The third-order valence-electron chi connectivity index (χ3n) is 6.44. The molecule has 2 amide bonds. The van der Waals surface area contributed by atoms with Crippen LogP contribution >= 0.6 is 0 Å². The Bertz CT molecular complexity index is 1170. The molecule has 1 aliphatic heterocycles. The zero-order chi connectivity index (χ0) is 26.3. The molecule has 194 valence electrons. The second-order valence-corrected chi connectivity index (χ2v) is 12.2. The SMILES string of the molecule is C=CC(=O)NC1CCCCN(S(=O)(=O)c2ccc(C(=O)NCCc3ccc(C(C)(C)C)cc3)cc2)C1. The van der Waals surface area contributed by atoms with Gasteiger partial charge in [-0.05, 0) is 66.1 Å². The fourth-order valence-corrected chi connectivity index (χ4v) is 5.75. The van der Waals surface area contributed by atoms with Gasteiger partial charge in [0.2, 0.25) is 15.9 Å². The minimum Gasteiger partial charge on any atom is -0.352 e. The normalized spacial score (nSPS) is 17.1. The van der Waals surface area contributed by atoms with E-state index in [9.17, 15) is 18.0 Å². The molecule has 0 aliphatic carbocycles. The third kappa shape index (κ3) is 7.27. The number of carbonyl (C=O) groups excluding carboxylic acids is 2. The Labute approximate surface area is 215 Å². The maximum atomic E-state index is 13.2. The molecule has 1 atom stereocenters. The van der Waals surface area contributed by atoms with Gasteiger partial charge in [-0.15, -0.1) is 0 Å². The zero-order valence-electron chi connectivity index (χ0n) is 21.4. The van der Waals surface area contributed by atoms with E-state index in [1.807, 2.05) is 0 Å². The first-order valence-electron chi connectivity index (χ1n) is 12.4. The number of rotatable bonds is 8. The highest BCUT2D eigenvalue weighted by Gasteiger charge is 2.29. The van der Waals surface area contributed by atoms with Crippen molar-refractivity contribution in [3.8, 4) is 0 Å². The predicted octanol–water partition coefficient (Wildman–Crippen LogP) is 3.80. The van der Waals surface area contributed by atoms with Gasteiger partial charge in [0.05, 0.1) is 4.90 Å². The first-order valence-corrected chi connectivity index (χ1v) is 13.9. The summed E-state index contributed by atoms with van der Waals surface area (Å²) < 4.78 is 27.9. The van der Waals surface area contributed by atoms with Crippen molar-refractivity contribution < 1.29 is 18.0 Å². The molecule has 1 heterocycles. The fourth-order valence-electron chi connectivity index (χ4n) is 4.22. The van der Waals surface area contributed by atoms with Crippen molar-refractivity contribution in [2.24, 2.45) is 0 Å². The lowest BCUT2D eigenvalue weighted by Crippen LogP contribution is -2.44. The molecule has 3 rings (SSSR count). The Morgan fingerprint density at radius 1 is 1.06 bits per heavy atom. The molecule has 2 aromatic carbocycles. The van der Waals surface area contributed by atoms with Gasteiger partial charge < -0.3 is 10.6 Å². The third-order valence-corrected chi connectivity index (χ3v) is 8.32. The van der Waals surface area contributed by atoms with Crippen LogP contribution in [0.25, 0.3) is 0 Å². The number of benzene rings is 2. The molecule has 0 bridgehead atoms. The molecule has 0 saturated carbocycles. The Morgan fingerprint density at radius 3 is 2.33 bits per heavy atom. The summed E-state index contributed by atoms with van der Waals surface area (Å²) in [6.45, 7) is 11.1. The highest BCUT2D eigenvalue weighted by molar-refractivity contribution is 7.89. The molecule has 2 N–H and O–H groups in total. The van der Waals surface area contributed by atoms with Crippen molar-refractivity contribution in [2.75, 3.05) is 19.6 Å². The number of sulfonamides is 1. The molecule has 7 nitrogen and oxygen atoms in total. The van der Waals surface area contributed by atoms with Gasteiger partial charge in [-0.1, -0.05) is 58.0 Å². The van der Waals surface area contributed by atoms with Crippen LogP contribution in [-0.4, -0.2) is 50.2 Å². The van der Waals surface area contributed by atoms with Gasteiger partial charge >= 0.3 is 0 Å². The lowest BCUT2D eigenvalue weighted by atomic mass is 9.86. The first-order chi connectivity index (χ1) is 17.0. The van der Waals surface area contributed by atoms with Gasteiger partial charge in [0, 0.05) is 31.2 Å². The van der Waals surface area contributed by atoms with Crippen LogP contribution in [0.4, 0.5) is 0 Å². The number of hydrogen-bond acceptors (Lipinski definition) is 4. The topological polar surface area (TPSA) is 95.6 Å². The molecule has 1 aliphatic rings. The van der Waals surface area contributed by atoms with E-state index in [0.29, 0.717) is 31.5 Å². The Hall–Kier alpha value is -2.97. The number of hydrogen-bond donors (Lipinski definition) is 2. The van der Waals surface area contributed by atoms with E-state index in [2.05, 4.69) is 62.2 Å². The van der Waals surface area contributed by atoms with Gasteiger partial charge in [0.25, 0.3) is 5.91 Å². The van der Waals surface area contributed by atoms with Gasteiger partial charge in [0.1, 0.15) is 0 Å². The Morgan fingerprint density at radius 2 is 1.72 bits per heavy atom. The van der Waals surface area contributed by atoms with E-state index < -0.39 is 10.0 Å². The summed E-state index contributed by atoms with van der Waals surface area (Å²) in [4.78, 5) is 24.4. The quantitative estimate of drug-likeness (QED) is 0.527. The average molecular weight is 512 g/mol. The van der Waals surface area contributed by atoms with E-state index in [4.69, 9.17) is 0 Å².